The molecule has 0 saturated carbocycles. The molecule has 1 aromatic rings. The van der Waals surface area contributed by atoms with Crippen molar-refractivity contribution >= 4 is 33.3 Å². The molecule has 2 nitrogen and oxygen atoms in total. The summed E-state index contributed by atoms with van der Waals surface area (Å²) in [6.07, 6.45) is 0.557. The molecule has 0 amide bonds. The number of rotatable bonds is 4. The van der Waals surface area contributed by atoms with Gasteiger partial charge in [-0.05, 0) is 38.0 Å². The molecule has 1 rings (SSSR count). The minimum absolute atomic E-state index is 0.102. The number of nitrogens with zero attached hydrogens (tertiary/aromatic N) is 1. The SMILES string of the molecule is CC(C)(C#N)C(=O)C(Br)Cc1ccc(Cl)cc1. The molecular weight excluding hydrogens is 302 g/mol. The predicted octanol–water partition coefficient (Wildman–Crippen LogP) is 3.76. The molecule has 17 heavy (non-hydrogen) atoms. The van der Waals surface area contributed by atoms with Crippen molar-refractivity contribution in [2.24, 2.45) is 5.41 Å². The Hall–Kier alpha value is -0.850. The second-order valence-corrected chi connectivity index (χ2v) is 5.94. The highest BCUT2D eigenvalue weighted by Gasteiger charge is 2.32. The van der Waals surface area contributed by atoms with Gasteiger partial charge in [0.1, 0.15) is 5.41 Å². The molecule has 0 N–H and O–H groups in total. The molecule has 0 heterocycles. The van der Waals surface area contributed by atoms with Gasteiger partial charge in [0, 0.05) is 5.02 Å². The van der Waals surface area contributed by atoms with Crippen LogP contribution in [0.5, 0.6) is 0 Å². The maximum absolute atomic E-state index is 12.0. The first-order valence-electron chi connectivity index (χ1n) is 5.21. The van der Waals surface area contributed by atoms with Crippen molar-refractivity contribution in [2.75, 3.05) is 0 Å². The van der Waals surface area contributed by atoms with E-state index in [0.717, 1.165) is 5.56 Å². The predicted molar refractivity (Wildman–Crippen MR) is 72.3 cm³/mol. The number of hydrogen-bond donors (Lipinski definition) is 0. The molecule has 1 unspecified atom stereocenters. The number of carbonyl (C=O) groups is 1. The van der Waals surface area contributed by atoms with E-state index in [-0.39, 0.29) is 10.6 Å². The quantitative estimate of drug-likeness (QED) is 0.794. The third-order valence-electron chi connectivity index (χ3n) is 2.51. The van der Waals surface area contributed by atoms with E-state index in [1.165, 1.54) is 0 Å². The maximum Gasteiger partial charge on any atom is 0.166 e. The minimum Gasteiger partial charge on any atom is -0.297 e. The first kappa shape index (κ1) is 14.2. The van der Waals surface area contributed by atoms with Gasteiger partial charge in [-0.15, -0.1) is 0 Å². The van der Waals surface area contributed by atoms with Gasteiger partial charge in [-0.1, -0.05) is 39.7 Å². The number of Topliss-reactive ketones (excluding diaryl/α,β-unsaturated/α-hetero) is 1. The molecule has 0 fully saturated rings. The zero-order valence-electron chi connectivity index (χ0n) is 9.71. The van der Waals surface area contributed by atoms with Crippen molar-refractivity contribution < 1.29 is 4.79 Å². The average Bonchev–Trinajstić information content (AvgIpc) is 2.31. The summed E-state index contributed by atoms with van der Waals surface area (Å²) in [4.78, 5) is 11.6. The zero-order chi connectivity index (χ0) is 13.1. The van der Waals surface area contributed by atoms with E-state index < -0.39 is 5.41 Å². The highest BCUT2D eigenvalue weighted by atomic mass is 79.9. The summed E-state index contributed by atoms with van der Waals surface area (Å²) in [6, 6.07) is 9.35. The largest absolute Gasteiger partial charge is 0.297 e. The normalized spacial score (nSPS) is 12.9. The lowest BCUT2D eigenvalue weighted by Crippen LogP contribution is -2.31. The fourth-order valence-corrected chi connectivity index (χ4v) is 2.44. The maximum atomic E-state index is 12.0. The highest BCUT2D eigenvalue weighted by molar-refractivity contribution is 9.10. The van der Waals surface area contributed by atoms with E-state index in [1.807, 2.05) is 18.2 Å². The number of hydrogen-bond acceptors (Lipinski definition) is 2. The molecule has 1 aromatic carbocycles. The molecule has 0 aromatic heterocycles. The van der Waals surface area contributed by atoms with Crippen molar-refractivity contribution in [1.82, 2.24) is 0 Å². The Labute approximate surface area is 115 Å². The summed E-state index contributed by atoms with van der Waals surface area (Å²) in [6.45, 7) is 3.26. The smallest absolute Gasteiger partial charge is 0.166 e. The van der Waals surface area contributed by atoms with Crippen molar-refractivity contribution in [3.05, 3.63) is 34.9 Å². The summed E-state index contributed by atoms with van der Waals surface area (Å²) in [5.41, 5.74) is 0.0546. The van der Waals surface area contributed by atoms with Crippen LogP contribution in [0, 0.1) is 16.7 Å². The third kappa shape index (κ3) is 3.83. The van der Waals surface area contributed by atoms with Gasteiger partial charge in [0.2, 0.25) is 0 Å². The number of ketones is 1. The van der Waals surface area contributed by atoms with E-state index >= 15 is 0 Å². The Bertz CT molecular complexity index is 447. The van der Waals surface area contributed by atoms with E-state index in [4.69, 9.17) is 16.9 Å². The average molecular weight is 315 g/mol. The second kappa shape index (κ2) is 5.66. The van der Waals surface area contributed by atoms with Crippen LogP contribution in [-0.2, 0) is 11.2 Å². The van der Waals surface area contributed by atoms with Crippen LogP contribution in [0.3, 0.4) is 0 Å². The monoisotopic (exact) mass is 313 g/mol. The minimum atomic E-state index is -0.958. The van der Waals surface area contributed by atoms with Gasteiger partial charge in [0.05, 0.1) is 10.9 Å². The topological polar surface area (TPSA) is 40.9 Å². The molecule has 0 aliphatic carbocycles. The van der Waals surface area contributed by atoms with E-state index in [2.05, 4.69) is 15.9 Å². The Balaban J connectivity index is 2.74. The highest BCUT2D eigenvalue weighted by Crippen LogP contribution is 2.23. The fraction of sp³-hybridized carbons (Fsp3) is 0.385. The summed E-state index contributed by atoms with van der Waals surface area (Å²) in [5, 5.41) is 9.58. The molecule has 0 bridgehead atoms. The Morgan fingerprint density at radius 1 is 1.47 bits per heavy atom. The van der Waals surface area contributed by atoms with E-state index in [0.29, 0.717) is 11.4 Å². The molecule has 90 valence electrons. The lowest BCUT2D eigenvalue weighted by molar-refractivity contribution is -0.123. The zero-order valence-corrected chi connectivity index (χ0v) is 12.0. The van der Waals surface area contributed by atoms with Crippen LogP contribution < -0.4 is 0 Å². The molecule has 0 aliphatic heterocycles. The third-order valence-corrected chi connectivity index (χ3v) is 3.50. The van der Waals surface area contributed by atoms with Crippen molar-refractivity contribution in [1.29, 1.82) is 5.26 Å². The first-order chi connectivity index (χ1) is 7.86. The lowest BCUT2D eigenvalue weighted by atomic mass is 9.86. The van der Waals surface area contributed by atoms with Crippen LogP contribution in [0.4, 0.5) is 0 Å². The van der Waals surface area contributed by atoms with Crippen molar-refractivity contribution in [3.8, 4) is 6.07 Å². The molecule has 0 radical (unpaired) electrons. The molecule has 0 spiro atoms. The van der Waals surface area contributed by atoms with E-state index in [1.54, 1.807) is 26.0 Å². The summed E-state index contributed by atoms with van der Waals surface area (Å²) < 4.78 is 0. The van der Waals surface area contributed by atoms with Crippen LogP contribution in [0.15, 0.2) is 24.3 Å². The number of alkyl halides is 1. The molecule has 4 heteroatoms. The van der Waals surface area contributed by atoms with Crippen molar-refractivity contribution in [2.45, 2.75) is 25.1 Å². The molecule has 0 saturated heterocycles. The van der Waals surface area contributed by atoms with Crippen molar-refractivity contribution in [3.63, 3.8) is 0 Å². The first-order valence-corrected chi connectivity index (χ1v) is 6.50. The Morgan fingerprint density at radius 3 is 2.47 bits per heavy atom. The molecule has 0 aliphatic rings. The summed E-state index contributed by atoms with van der Waals surface area (Å²) >= 11 is 9.13. The number of benzene rings is 1. The Kier molecular flexibility index (Phi) is 4.73. The van der Waals surface area contributed by atoms with Crippen LogP contribution in [-0.4, -0.2) is 10.6 Å². The second-order valence-electron chi connectivity index (χ2n) is 4.40. The van der Waals surface area contributed by atoms with Gasteiger partial charge in [-0.3, -0.25) is 4.79 Å². The number of halogens is 2. The van der Waals surface area contributed by atoms with Gasteiger partial charge in [-0.25, -0.2) is 0 Å². The van der Waals surface area contributed by atoms with Gasteiger partial charge in [-0.2, -0.15) is 5.26 Å². The molecule has 1 atom stereocenters. The number of carbonyl (C=O) groups excluding carboxylic acids is 1. The van der Waals surface area contributed by atoms with Crippen LogP contribution in [0.2, 0.25) is 5.02 Å². The summed E-state index contributed by atoms with van der Waals surface area (Å²) in [7, 11) is 0. The lowest BCUT2D eigenvalue weighted by Gasteiger charge is -2.18. The standard InChI is InChI=1S/C13H13BrClNO/c1-13(2,8-16)12(17)11(14)7-9-3-5-10(15)6-4-9/h3-6,11H,7H2,1-2H3. The van der Waals surface area contributed by atoms with Crippen LogP contribution in [0.1, 0.15) is 19.4 Å². The van der Waals surface area contributed by atoms with Gasteiger partial charge >= 0.3 is 0 Å². The van der Waals surface area contributed by atoms with Gasteiger partial charge < -0.3 is 0 Å². The van der Waals surface area contributed by atoms with Gasteiger partial charge in [0.15, 0.2) is 5.78 Å². The molecular formula is C13H13BrClNO. The van der Waals surface area contributed by atoms with E-state index in [9.17, 15) is 4.79 Å². The fourth-order valence-electron chi connectivity index (χ4n) is 1.37. The number of nitriles is 1. The summed E-state index contributed by atoms with van der Waals surface area (Å²) in [5.74, 6) is -0.102. The Morgan fingerprint density at radius 2 is 2.00 bits per heavy atom. The van der Waals surface area contributed by atoms with Gasteiger partial charge in [0.25, 0.3) is 0 Å². The van der Waals surface area contributed by atoms with Crippen LogP contribution >= 0.6 is 27.5 Å². The van der Waals surface area contributed by atoms with Crippen LogP contribution in [0.25, 0.3) is 0 Å².